The van der Waals surface area contributed by atoms with Crippen LogP contribution < -0.4 is 10.3 Å². The van der Waals surface area contributed by atoms with E-state index in [0.717, 1.165) is 17.0 Å². The lowest BCUT2D eigenvalue weighted by molar-refractivity contribution is -0.0497. The van der Waals surface area contributed by atoms with Crippen molar-refractivity contribution in [2.75, 3.05) is 19.8 Å². The predicted octanol–water partition coefficient (Wildman–Crippen LogP) is 2.07. The van der Waals surface area contributed by atoms with Crippen LogP contribution in [0.2, 0.25) is 0 Å². The van der Waals surface area contributed by atoms with Gasteiger partial charge in [-0.15, -0.1) is 0 Å². The highest BCUT2D eigenvalue weighted by Crippen LogP contribution is 2.20. The van der Waals surface area contributed by atoms with Crippen molar-refractivity contribution in [3.05, 3.63) is 46.8 Å². The van der Waals surface area contributed by atoms with E-state index < -0.39 is 0 Å². The summed E-state index contributed by atoms with van der Waals surface area (Å²) < 4.78 is 17.7. The van der Waals surface area contributed by atoms with Crippen LogP contribution in [0.25, 0.3) is 11.3 Å². The number of rotatable bonds is 6. The Labute approximate surface area is 134 Å². The van der Waals surface area contributed by atoms with E-state index in [4.69, 9.17) is 14.2 Å². The van der Waals surface area contributed by atoms with Crippen molar-refractivity contribution in [2.45, 2.75) is 26.2 Å². The molecule has 122 valence electrons. The van der Waals surface area contributed by atoms with Gasteiger partial charge in [-0.1, -0.05) is 0 Å². The fourth-order valence-electron chi connectivity index (χ4n) is 2.45. The molecule has 1 aliphatic heterocycles. The molecule has 6 nitrogen and oxygen atoms in total. The molecule has 1 saturated heterocycles. The fourth-order valence-corrected chi connectivity index (χ4v) is 2.45. The van der Waals surface area contributed by atoms with Crippen LogP contribution in [-0.4, -0.2) is 35.9 Å². The number of ether oxygens (including phenoxy) is 3. The quantitative estimate of drug-likeness (QED) is 0.816. The summed E-state index contributed by atoms with van der Waals surface area (Å²) in [5, 5.41) is 4.43. The van der Waals surface area contributed by atoms with Gasteiger partial charge in [0.25, 0.3) is 5.56 Å². The topological polar surface area (TPSA) is 62.6 Å². The van der Waals surface area contributed by atoms with E-state index >= 15 is 0 Å². The summed E-state index contributed by atoms with van der Waals surface area (Å²) in [6.07, 6.45) is 0.373. The summed E-state index contributed by atoms with van der Waals surface area (Å²) in [5.74, 6) is 0.820. The summed E-state index contributed by atoms with van der Waals surface area (Å²) in [6, 6.07) is 10.9. The summed E-state index contributed by atoms with van der Waals surface area (Å²) in [4.78, 5) is 11.9. The molecular formula is C17H20N2O4. The highest BCUT2D eigenvalue weighted by atomic mass is 16.7. The molecule has 0 bridgehead atoms. The predicted molar refractivity (Wildman–Crippen MR) is 85.4 cm³/mol. The van der Waals surface area contributed by atoms with E-state index in [1.807, 2.05) is 31.2 Å². The molecule has 1 aromatic carbocycles. The van der Waals surface area contributed by atoms with Crippen LogP contribution in [0.5, 0.6) is 5.75 Å². The number of benzene rings is 1. The van der Waals surface area contributed by atoms with E-state index in [2.05, 4.69) is 5.10 Å². The van der Waals surface area contributed by atoms with Gasteiger partial charge in [0.1, 0.15) is 5.75 Å². The van der Waals surface area contributed by atoms with E-state index in [-0.39, 0.29) is 11.8 Å². The molecule has 0 aliphatic carbocycles. The second-order valence-corrected chi connectivity index (χ2v) is 5.20. The lowest BCUT2D eigenvalue weighted by atomic mass is 10.1. The number of nitrogens with zero attached hydrogens (tertiary/aromatic N) is 2. The Hall–Kier alpha value is -2.18. The lowest BCUT2D eigenvalue weighted by Crippen LogP contribution is -2.24. The maximum absolute atomic E-state index is 11.9. The molecule has 23 heavy (non-hydrogen) atoms. The van der Waals surface area contributed by atoms with Crippen LogP contribution in [0.15, 0.2) is 41.2 Å². The van der Waals surface area contributed by atoms with Gasteiger partial charge in [-0.3, -0.25) is 4.79 Å². The van der Waals surface area contributed by atoms with Crippen molar-refractivity contribution in [1.29, 1.82) is 0 Å². The van der Waals surface area contributed by atoms with Crippen LogP contribution in [0.4, 0.5) is 0 Å². The molecule has 1 fully saturated rings. The number of aryl methyl sites for hydroxylation is 1. The summed E-state index contributed by atoms with van der Waals surface area (Å²) >= 11 is 0. The van der Waals surface area contributed by atoms with Gasteiger partial charge >= 0.3 is 0 Å². The van der Waals surface area contributed by atoms with Crippen molar-refractivity contribution in [3.8, 4) is 17.0 Å². The molecule has 0 atom stereocenters. The largest absolute Gasteiger partial charge is 0.494 e. The third-order valence-electron chi connectivity index (χ3n) is 3.60. The highest BCUT2D eigenvalue weighted by molar-refractivity contribution is 5.59. The van der Waals surface area contributed by atoms with Gasteiger partial charge in [0.2, 0.25) is 0 Å². The monoisotopic (exact) mass is 316 g/mol. The van der Waals surface area contributed by atoms with Crippen LogP contribution in [0.3, 0.4) is 0 Å². The maximum Gasteiger partial charge on any atom is 0.266 e. The van der Waals surface area contributed by atoms with Crippen molar-refractivity contribution in [2.24, 2.45) is 0 Å². The maximum atomic E-state index is 11.9. The SMILES string of the molecule is CCOc1ccc(-c2ccc(=O)n(CCC3OCCO3)n2)cc1. The molecule has 0 N–H and O–H groups in total. The van der Waals surface area contributed by atoms with Crippen molar-refractivity contribution in [3.63, 3.8) is 0 Å². The minimum absolute atomic E-state index is 0.127. The molecule has 0 saturated carbocycles. The second-order valence-electron chi connectivity index (χ2n) is 5.20. The highest BCUT2D eigenvalue weighted by Gasteiger charge is 2.16. The summed E-state index contributed by atoms with van der Waals surface area (Å²) in [5.41, 5.74) is 1.56. The Bertz CT molecular complexity index is 690. The lowest BCUT2D eigenvalue weighted by Gasteiger charge is -2.11. The van der Waals surface area contributed by atoms with Gasteiger partial charge in [-0.25, -0.2) is 4.68 Å². The van der Waals surface area contributed by atoms with Gasteiger partial charge in [0.05, 0.1) is 25.5 Å². The number of hydrogen-bond acceptors (Lipinski definition) is 5. The minimum atomic E-state index is -0.238. The van der Waals surface area contributed by atoms with Crippen molar-refractivity contribution < 1.29 is 14.2 Å². The molecular weight excluding hydrogens is 296 g/mol. The molecule has 3 rings (SSSR count). The first-order valence-electron chi connectivity index (χ1n) is 7.81. The van der Waals surface area contributed by atoms with E-state index in [1.165, 1.54) is 10.7 Å². The van der Waals surface area contributed by atoms with Gasteiger partial charge in [-0.2, -0.15) is 5.10 Å². The number of hydrogen-bond donors (Lipinski definition) is 0. The van der Waals surface area contributed by atoms with Crippen LogP contribution in [0.1, 0.15) is 13.3 Å². The van der Waals surface area contributed by atoms with Gasteiger partial charge in [-0.05, 0) is 37.3 Å². The third kappa shape index (κ3) is 3.97. The Morgan fingerprint density at radius 1 is 1.17 bits per heavy atom. The normalized spacial score (nSPS) is 15.0. The standard InChI is InChI=1S/C17H20N2O4/c1-2-21-14-5-3-13(4-6-14)15-7-8-16(20)19(18-15)10-9-17-22-11-12-23-17/h3-8,17H,2,9-12H2,1H3. The molecule has 6 heteroatoms. The third-order valence-corrected chi connectivity index (χ3v) is 3.60. The summed E-state index contributed by atoms with van der Waals surface area (Å²) in [7, 11) is 0. The Morgan fingerprint density at radius 2 is 1.91 bits per heavy atom. The first kappa shape index (κ1) is 15.7. The number of aromatic nitrogens is 2. The average molecular weight is 316 g/mol. The van der Waals surface area contributed by atoms with Crippen LogP contribution in [0, 0.1) is 0 Å². The summed E-state index contributed by atoms with van der Waals surface area (Å²) in [6.45, 7) is 4.27. The Morgan fingerprint density at radius 3 is 2.61 bits per heavy atom. The van der Waals surface area contributed by atoms with Crippen LogP contribution in [-0.2, 0) is 16.0 Å². The smallest absolute Gasteiger partial charge is 0.266 e. The molecule has 1 aromatic heterocycles. The fraction of sp³-hybridized carbons (Fsp3) is 0.412. The van der Waals surface area contributed by atoms with Gasteiger partial charge in [0.15, 0.2) is 6.29 Å². The molecule has 0 unspecified atom stereocenters. The molecule has 0 radical (unpaired) electrons. The molecule has 2 heterocycles. The van der Waals surface area contributed by atoms with Gasteiger partial charge in [0, 0.05) is 24.6 Å². The van der Waals surface area contributed by atoms with E-state index in [0.29, 0.717) is 32.8 Å². The van der Waals surface area contributed by atoms with Gasteiger partial charge < -0.3 is 14.2 Å². The zero-order valence-electron chi connectivity index (χ0n) is 13.1. The van der Waals surface area contributed by atoms with E-state index in [9.17, 15) is 4.79 Å². The minimum Gasteiger partial charge on any atom is -0.494 e. The first-order valence-corrected chi connectivity index (χ1v) is 7.81. The molecule has 0 amide bonds. The zero-order valence-corrected chi connectivity index (χ0v) is 13.1. The average Bonchev–Trinajstić information content (AvgIpc) is 3.09. The Balaban J connectivity index is 1.74. The van der Waals surface area contributed by atoms with Crippen molar-refractivity contribution in [1.82, 2.24) is 9.78 Å². The second kappa shape index (κ2) is 7.39. The van der Waals surface area contributed by atoms with Crippen molar-refractivity contribution >= 4 is 0 Å². The molecule has 1 aliphatic rings. The van der Waals surface area contributed by atoms with E-state index in [1.54, 1.807) is 6.07 Å². The Kier molecular flexibility index (Phi) is 5.05. The molecule has 0 spiro atoms. The van der Waals surface area contributed by atoms with Crippen LogP contribution >= 0.6 is 0 Å². The first-order chi connectivity index (χ1) is 11.3. The zero-order chi connectivity index (χ0) is 16.1. The molecule has 2 aromatic rings.